The van der Waals surface area contributed by atoms with Gasteiger partial charge < -0.3 is 10.2 Å². The van der Waals surface area contributed by atoms with E-state index in [0.717, 1.165) is 24.5 Å². The maximum absolute atomic E-state index is 12.1. The molecule has 2 rings (SSSR count). The van der Waals surface area contributed by atoms with E-state index in [1.165, 1.54) is 18.3 Å². The van der Waals surface area contributed by atoms with Crippen molar-refractivity contribution in [3.8, 4) is 0 Å². The molecule has 2 aromatic carbocycles. The van der Waals surface area contributed by atoms with Gasteiger partial charge in [-0.15, -0.1) is 0 Å². The van der Waals surface area contributed by atoms with Crippen LogP contribution in [0.4, 0.5) is 17.1 Å². The Labute approximate surface area is 183 Å². The Hall–Kier alpha value is -3.42. The van der Waals surface area contributed by atoms with Crippen molar-refractivity contribution in [1.82, 2.24) is 5.43 Å². The molecular formula is C23H31N5O3. The van der Waals surface area contributed by atoms with Gasteiger partial charge in [0.1, 0.15) is 0 Å². The SMILES string of the molecule is CC(C)CN(CC(C)C)c1ccc([N+](=O)[O-])cc1/C=N\NC(=O)CNc1ccccc1. The summed E-state index contributed by atoms with van der Waals surface area (Å²) in [6.45, 7) is 10.2. The molecule has 0 heterocycles. The number of non-ortho nitro benzene ring substituents is 1. The number of benzene rings is 2. The Balaban J connectivity index is 2.16. The Morgan fingerprint density at radius 1 is 1.10 bits per heavy atom. The minimum atomic E-state index is -0.432. The molecule has 8 heteroatoms. The van der Waals surface area contributed by atoms with Crippen LogP contribution in [0.15, 0.2) is 53.6 Å². The van der Waals surface area contributed by atoms with Crippen LogP contribution >= 0.6 is 0 Å². The molecule has 0 spiro atoms. The van der Waals surface area contributed by atoms with E-state index in [1.54, 1.807) is 6.07 Å². The maximum Gasteiger partial charge on any atom is 0.270 e. The number of nitrogens with one attached hydrogen (secondary N) is 2. The first-order valence-corrected chi connectivity index (χ1v) is 10.4. The third-order valence-electron chi connectivity index (χ3n) is 4.35. The number of carbonyl (C=O) groups is 1. The van der Waals surface area contributed by atoms with Crippen LogP contribution in [-0.4, -0.2) is 36.7 Å². The topological polar surface area (TPSA) is 99.9 Å². The van der Waals surface area contributed by atoms with Gasteiger partial charge in [0.2, 0.25) is 0 Å². The Morgan fingerprint density at radius 2 is 1.74 bits per heavy atom. The van der Waals surface area contributed by atoms with E-state index < -0.39 is 4.92 Å². The molecule has 0 aliphatic rings. The van der Waals surface area contributed by atoms with Crippen molar-refractivity contribution in [3.05, 3.63) is 64.2 Å². The number of anilines is 2. The molecule has 0 saturated carbocycles. The van der Waals surface area contributed by atoms with Crippen molar-refractivity contribution in [1.29, 1.82) is 0 Å². The molecule has 0 atom stereocenters. The second-order valence-corrected chi connectivity index (χ2v) is 8.21. The summed E-state index contributed by atoms with van der Waals surface area (Å²) in [7, 11) is 0. The second kappa shape index (κ2) is 11.7. The van der Waals surface area contributed by atoms with Crippen molar-refractivity contribution in [2.75, 3.05) is 29.9 Å². The zero-order valence-corrected chi connectivity index (χ0v) is 18.5. The predicted octanol–water partition coefficient (Wildman–Crippen LogP) is 4.28. The van der Waals surface area contributed by atoms with Gasteiger partial charge in [-0.2, -0.15) is 5.10 Å². The van der Waals surface area contributed by atoms with E-state index in [4.69, 9.17) is 0 Å². The highest BCUT2D eigenvalue weighted by atomic mass is 16.6. The number of hydrazone groups is 1. The van der Waals surface area contributed by atoms with Crippen molar-refractivity contribution in [2.45, 2.75) is 27.7 Å². The highest BCUT2D eigenvalue weighted by molar-refractivity contribution is 5.90. The number of amides is 1. The molecule has 0 radical (unpaired) electrons. The number of nitro groups is 1. The van der Waals surface area contributed by atoms with E-state index in [9.17, 15) is 14.9 Å². The Bertz CT molecular complexity index is 887. The van der Waals surface area contributed by atoms with Gasteiger partial charge in [0.05, 0.1) is 17.7 Å². The monoisotopic (exact) mass is 425 g/mol. The van der Waals surface area contributed by atoms with Crippen LogP contribution in [0.1, 0.15) is 33.3 Å². The molecule has 2 aromatic rings. The number of carbonyl (C=O) groups excluding carboxylic acids is 1. The zero-order chi connectivity index (χ0) is 22.8. The molecule has 0 aliphatic carbocycles. The average molecular weight is 426 g/mol. The summed E-state index contributed by atoms with van der Waals surface area (Å²) in [5.41, 5.74) is 4.74. The van der Waals surface area contributed by atoms with Crippen molar-refractivity contribution in [2.24, 2.45) is 16.9 Å². The fourth-order valence-electron chi connectivity index (χ4n) is 3.15. The number of nitro benzene ring substituents is 1. The minimum Gasteiger partial charge on any atom is -0.376 e. The van der Waals surface area contributed by atoms with Gasteiger partial charge in [-0.25, -0.2) is 5.43 Å². The number of rotatable bonds is 11. The van der Waals surface area contributed by atoms with Gasteiger partial charge in [-0.1, -0.05) is 45.9 Å². The van der Waals surface area contributed by atoms with E-state index >= 15 is 0 Å². The summed E-state index contributed by atoms with van der Waals surface area (Å²) >= 11 is 0. The lowest BCUT2D eigenvalue weighted by atomic mass is 10.1. The van der Waals surface area contributed by atoms with Gasteiger partial charge in [-0.05, 0) is 30.0 Å². The second-order valence-electron chi connectivity index (χ2n) is 8.21. The van der Waals surface area contributed by atoms with E-state index in [0.29, 0.717) is 17.4 Å². The van der Waals surface area contributed by atoms with E-state index in [2.05, 4.69) is 48.4 Å². The van der Waals surface area contributed by atoms with Crippen LogP contribution in [0.25, 0.3) is 0 Å². The molecule has 0 unspecified atom stereocenters. The van der Waals surface area contributed by atoms with Crippen molar-refractivity contribution in [3.63, 3.8) is 0 Å². The lowest BCUT2D eigenvalue weighted by Gasteiger charge is -2.29. The summed E-state index contributed by atoms with van der Waals surface area (Å²) in [4.78, 5) is 25.1. The van der Waals surface area contributed by atoms with Crippen LogP contribution in [-0.2, 0) is 4.79 Å². The normalized spacial score (nSPS) is 11.2. The van der Waals surface area contributed by atoms with Crippen molar-refractivity contribution >= 4 is 29.2 Å². The van der Waals surface area contributed by atoms with E-state index in [-0.39, 0.29) is 18.1 Å². The minimum absolute atomic E-state index is 0.0173. The highest BCUT2D eigenvalue weighted by Gasteiger charge is 2.17. The summed E-state index contributed by atoms with van der Waals surface area (Å²) < 4.78 is 0. The molecule has 2 N–H and O–H groups in total. The van der Waals surface area contributed by atoms with Gasteiger partial charge >= 0.3 is 0 Å². The number of para-hydroxylation sites is 1. The van der Waals surface area contributed by atoms with E-state index in [1.807, 2.05) is 30.3 Å². The predicted molar refractivity (Wildman–Crippen MR) is 126 cm³/mol. The molecule has 8 nitrogen and oxygen atoms in total. The third kappa shape index (κ3) is 8.08. The highest BCUT2D eigenvalue weighted by Crippen LogP contribution is 2.26. The lowest BCUT2D eigenvalue weighted by Crippen LogP contribution is -2.32. The first-order valence-electron chi connectivity index (χ1n) is 10.4. The molecule has 0 aromatic heterocycles. The van der Waals surface area contributed by atoms with Crippen LogP contribution in [0, 0.1) is 22.0 Å². The molecule has 1 amide bonds. The molecular weight excluding hydrogens is 394 g/mol. The van der Waals surface area contributed by atoms with Crippen LogP contribution in [0.3, 0.4) is 0 Å². The van der Waals surface area contributed by atoms with Crippen LogP contribution in [0.2, 0.25) is 0 Å². The fourth-order valence-corrected chi connectivity index (χ4v) is 3.15. The molecule has 166 valence electrons. The maximum atomic E-state index is 12.1. The van der Waals surface area contributed by atoms with Gasteiger partial charge in [0.15, 0.2) is 0 Å². The summed E-state index contributed by atoms with van der Waals surface area (Å²) in [6.07, 6.45) is 1.47. The molecule has 31 heavy (non-hydrogen) atoms. The summed E-state index contributed by atoms with van der Waals surface area (Å²) in [6, 6.07) is 14.1. The molecule has 0 fully saturated rings. The Kier molecular flexibility index (Phi) is 8.99. The summed E-state index contributed by atoms with van der Waals surface area (Å²) in [5, 5.41) is 18.3. The van der Waals surface area contributed by atoms with Gasteiger partial charge in [-0.3, -0.25) is 14.9 Å². The molecule has 0 saturated heterocycles. The first-order chi connectivity index (χ1) is 14.8. The van der Waals surface area contributed by atoms with Crippen molar-refractivity contribution < 1.29 is 9.72 Å². The first kappa shape index (κ1) is 23.9. The number of hydrogen-bond acceptors (Lipinski definition) is 6. The van der Waals surface area contributed by atoms with Gasteiger partial charge in [0.25, 0.3) is 11.6 Å². The standard InChI is InChI=1S/C23H31N5O3/c1-17(2)15-27(16-18(3)4)22-11-10-21(28(30)31)12-19(22)13-25-26-23(29)14-24-20-8-6-5-7-9-20/h5-13,17-18,24H,14-16H2,1-4H3,(H,26,29)/b25-13-. The summed E-state index contributed by atoms with van der Waals surface area (Å²) in [5.74, 6) is 0.526. The quantitative estimate of drug-likeness (QED) is 0.318. The smallest absolute Gasteiger partial charge is 0.270 e. The van der Waals surface area contributed by atoms with Gasteiger partial charge in [0, 0.05) is 42.2 Å². The number of hydrogen-bond donors (Lipinski definition) is 2. The Morgan fingerprint density at radius 3 is 2.32 bits per heavy atom. The lowest BCUT2D eigenvalue weighted by molar-refractivity contribution is -0.384. The fraction of sp³-hybridized carbons (Fsp3) is 0.391. The number of nitrogens with zero attached hydrogens (tertiary/aromatic N) is 3. The largest absolute Gasteiger partial charge is 0.376 e. The van der Waals surface area contributed by atoms with Crippen LogP contribution in [0.5, 0.6) is 0 Å². The molecule has 0 bridgehead atoms. The average Bonchev–Trinajstić information content (AvgIpc) is 2.71. The molecule has 0 aliphatic heterocycles. The third-order valence-corrected chi connectivity index (χ3v) is 4.35. The van der Waals surface area contributed by atoms with Crippen LogP contribution < -0.4 is 15.6 Å². The zero-order valence-electron chi connectivity index (χ0n) is 18.5.